The highest BCUT2D eigenvalue weighted by atomic mass is 35.5. The molecule has 1 aromatic carbocycles. The van der Waals surface area contributed by atoms with E-state index < -0.39 is 0 Å². The number of hydrogen-bond donors (Lipinski definition) is 1. The van der Waals surface area contributed by atoms with Gasteiger partial charge in [0.1, 0.15) is 5.82 Å². The number of nitrogens with zero attached hydrogens (tertiary/aromatic N) is 2. The Hall–Kier alpha value is -1.06. The number of hydrogen-bond acceptors (Lipinski definition) is 2. The van der Waals surface area contributed by atoms with Crippen LogP contribution in [0.1, 0.15) is 18.7 Å². The van der Waals surface area contributed by atoms with Crippen molar-refractivity contribution in [3.63, 3.8) is 0 Å². The summed E-state index contributed by atoms with van der Waals surface area (Å²) in [6, 6.07) is 5.88. The predicted octanol–water partition coefficient (Wildman–Crippen LogP) is 2.55. The molecular formula is C13H16ClN3. The summed E-state index contributed by atoms with van der Waals surface area (Å²) in [4.78, 5) is 4.75. The van der Waals surface area contributed by atoms with Crippen LogP contribution in [0.15, 0.2) is 18.2 Å². The maximum absolute atomic E-state index is 6.03. The zero-order chi connectivity index (χ0) is 12.0. The molecule has 2 aromatic rings. The van der Waals surface area contributed by atoms with E-state index in [4.69, 9.17) is 16.6 Å². The lowest BCUT2D eigenvalue weighted by atomic mass is 9.97. The molecule has 0 spiro atoms. The molecule has 1 aliphatic heterocycles. The van der Waals surface area contributed by atoms with E-state index in [1.54, 1.807) is 0 Å². The monoisotopic (exact) mass is 249 g/mol. The van der Waals surface area contributed by atoms with E-state index >= 15 is 0 Å². The lowest BCUT2D eigenvalue weighted by molar-refractivity contribution is 0.533. The largest absolute Gasteiger partial charge is 0.331 e. The molecule has 0 amide bonds. The lowest BCUT2D eigenvalue weighted by Crippen LogP contribution is -2.13. The minimum absolute atomic E-state index is 0.506. The molecule has 1 fully saturated rings. The number of benzene rings is 1. The molecule has 3 nitrogen and oxygen atoms in total. The standard InChI is InChI=1S/C13H16ClN3/c1-8-6-15-7-10(8)13-16-11-4-3-9(14)5-12(11)17(13)2/h3-5,8,10,15H,6-7H2,1-2H3. The van der Waals surface area contributed by atoms with Gasteiger partial charge in [-0.2, -0.15) is 0 Å². The Labute approximate surface area is 106 Å². The number of nitrogens with one attached hydrogen (secondary N) is 1. The Bertz CT molecular complexity index is 561. The molecule has 4 heteroatoms. The van der Waals surface area contributed by atoms with Crippen LogP contribution in [0.4, 0.5) is 0 Å². The predicted molar refractivity (Wildman–Crippen MR) is 70.5 cm³/mol. The summed E-state index contributed by atoms with van der Waals surface area (Å²) in [5.74, 6) is 2.31. The maximum atomic E-state index is 6.03. The van der Waals surface area contributed by atoms with Crippen molar-refractivity contribution in [1.82, 2.24) is 14.9 Å². The van der Waals surface area contributed by atoms with Gasteiger partial charge in [-0.1, -0.05) is 18.5 Å². The normalized spacial score (nSPS) is 24.6. The van der Waals surface area contributed by atoms with Crippen molar-refractivity contribution < 1.29 is 0 Å². The molecule has 2 atom stereocenters. The molecule has 1 N–H and O–H groups in total. The van der Waals surface area contributed by atoms with E-state index in [0.717, 1.165) is 29.1 Å². The van der Waals surface area contributed by atoms with Gasteiger partial charge in [0.25, 0.3) is 0 Å². The molecule has 1 saturated heterocycles. The molecule has 1 aromatic heterocycles. The second-order valence-corrected chi connectivity index (χ2v) is 5.34. The summed E-state index contributed by atoms with van der Waals surface area (Å²) in [5.41, 5.74) is 2.15. The molecule has 1 aliphatic rings. The van der Waals surface area contributed by atoms with Crippen molar-refractivity contribution in [2.45, 2.75) is 12.8 Å². The highest BCUT2D eigenvalue weighted by Gasteiger charge is 2.28. The average molecular weight is 250 g/mol. The van der Waals surface area contributed by atoms with Crippen LogP contribution >= 0.6 is 11.6 Å². The van der Waals surface area contributed by atoms with E-state index in [2.05, 4.69) is 23.9 Å². The number of rotatable bonds is 1. The molecule has 0 saturated carbocycles. The van der Waals surface area contributed by atoms with E-state index in [-0.39, 0.29) is 0 Å². The van der Waals surface area contributed by atoms with Crippen molar-refractivity contribution in [3.8, 4) is 0 Å². The van der Waals surface area contributed by atoms with Crippen LogP contribution in [-0.4, -0.2) is 22.6 Å². The van der Waals surface area contributed by atoms with Crippen molar-refractivity contribution in [2.24, 2.45) is 13.0 Å². The summed E-state index contributed by atoms with van der Waals surface area (Å²) in [5, 5.41) is 4.19. The summed E-state index contributed by atoms with van der Waals surface area (Å²) in [6.45, 7) is 4.37. The van der Waals surface area contributed by atoms with Gasteiger partial charge in [-0.05, 0) is 30.7 Å². The fourth-order valence-corrected chi connectivity index (χ4v) is 2.84. The number of fused-ring (bicyclic) bond motifs is 1. The summed E-state index contributed by atoms with van der Waals surface area (Å²) < 4.78 is 2.18. The SMILES string of the molecule is CC1CNCC1c1nc2ccc(Cl)cc2n1C. The van der Waals surface area contributed by atoms with Gasteiger partial charge >= 0.3 is 0 Å². The van der Waals surface area contributed by atoms with Gasteiger partial charge in [-0.15, -0.1) is 0 Å². The second-order valence-electron chi connectivity index (χ2n) is 4.90. The smallest absolute Gasteiger partial charge is 0.114 e. The van der Waals surface area contributed by atoms with Crippen LogP contribution in [0.3, 0.4) is 0 Å². The van der Waals surface area contributed by atoms with E-state index in [9.17, 15) is 0 Å². The second kappa shape index (κ2) is 4.00. The van der Waals surface area contributed by atoms with Crippen molar-refractivity contribution in [3.05, 3.63) is 29.0 Å². The van der Waals surface area contributed by atoms with Crippen LogP contribution < -0.4 is 5.32 Å². The van der Waals surface area contributed by atoms with Gasteiger partial charge in [-0.3, -0.25) is 0 Å². The highest BCUT2D eigenvalue weighted by Crippen LogP contribution is 2.30. The Morgan fingerprint density at radius 3 is 2.94 bits per heavy atom. The lowest BCUT2D eigenvalue weighted by Gasteiger charge is -2.13. The maximum Gasteiger partial charge on any atom is 0.114 e. The minimum Gasteiger partial charge on any atom is -0.331 e. The number of halogens is 1. The van der Waals surface area contributed by atoms with Crippen molar-refractivity contribution >= 4 is 22.6 Å². The van der Waals surface area contributed by atoms with E-state index in [0.29, 0.717) is 11.8 Å². The fourth-order valence-electron chi connectivity index (χ4n) is 2.67. The van der Waals surface area contributed by atoms with Gasteiger partial charge in [0.2, 0.25) is 0 Å². The molecule has 2 heterocycles. The average Bonchev–Trinajstić information content (AvgIpc) is 2.84. The van der Waals surface area contributed by atoms with Gasteiger partial charge < -0.3 is 9.88 Å². The first kappa shape index (κ1) is 11.1. The minimum atomic E-state index is 0.506. The molecule has 17 heavy (non-hydrogen) atoms. The molecule has 90 valence electrons. The van der Waals surface area contributed by atoms with Crippen LogP contribution in [0, 0.1) is 5.92 Å². The van der Waals surface area contributed by atoms with Gasteiger partial charge in [0, 0.05) is 24.5 Å². The van der Waals surface area contributed by atoms with E-state index in [1.165, 1.54) is 5.82 Å². The Kier molecular flexibility index (Phi) is 2.60. The Morgan fingerprint density at radius 1 is 1.41 bits per heavy atom. The van der Waals surface area contributed by atoms with Gasteiger partial charge in [0.05, 0.1) is 11.0 Å². The zero-order valence-corrected chi connectivity index (χ0v) is 10.8. The summed E-state index contributed by atoms with van der Waals surface area (Å²) >= 11 is 6.03. The molecule has 0 radical (unpaired) electrons. The number of aryl methyl sites for hydroxylation is 1. The molecule has 2 unspecified atom stereocenters. The van der Waals surface area contributed by atoms with Crippen molar-refractivity contribution in [1.29, 1.82) is 0 Å². The quantitative estimate of drug-likeness (QED) is 0.842. The summed E-state index contributed by atoms with van der Waals surface area (Å²) in [7, 11) is 2.08. The van der Waals surface area contributed by atoms with Crippen LogP contribution in [-0.2, 0) is 7.05 Å². The number of aromatic nitrogens is 2. The third kappa shape index (κ3) is 1.74. The van der Waals surface area contributed by atoms with Gasteiger partial charge in [-0.25, -0.2) is 4.98 Å². The Balaban J connectivity index is 2.14. The first-order valence-corrected chi connectivity index (χ1v) is 6.37. The third-order valence-corrected chi connectivity index (χ3v) is 3.96. The van der Waals surface area contributed by atoms with Gasteiger partial charge in [0.15, 0.2) is 0 Å². The molecular weight excluding hydrogens is 234 g/mol. The number of imidazole rings is 1. The van der Waals surface area contributed by atoms with E-state index in [1.807, 2.05) is 18.2 Å². The molecule has 0 bridgehead atoms. The zero-order valence-electron chi connectivity index (χ0n) is 10.1. The first-order chi connectivity index (χ1) is 8.16. The third-order valence-electron chi connectivity index (χ3n) is 3.73. The van der Waals surface area contributed by atoms with Crippen LogP contribution in [0.25, 0.3) is 11.0 Å². The molecule has 0 aliphatic carbocycles. The Morgan fingerprint density at radius 2 is 2.24 bits per heavy atom. The topological polar surface area (TPSA) is 29.9 Å². The van der Waals surface area contributed by atoms with Crippen molar-refractivity contribution in [2.75, 3.05) is 13.1 Å². The molecule has 3 rings (SSSR count). The van der Waals surface area contributed by atoms with Crippen LogP contribution in [0.2, 0.25) is 5.02 Å². The van der Waals surface area contributed by atoms with Crippen LogP contribution in [0.5, 0.6) is 0 Å². The fraction of sp³-hybridized carbons (Fsp3) is 0.462. The highest BCUT2D eigenvalue weighted by molar-refractivity contribution is 6.31. The summed E-state index contributed by atoms with van der Waals surface area (Å²) in [6.07, 6.45) is 0. The first-order valence-electron chi connectivity index (χ1n) is 5.99.